The number of halogens is 1. The number of carbonyl (C=O) groups excluding carboxylic acids is 1. The summed E-state index contributed by atoms with van der Waals surface area (Å²) < 4.78 is 17.9. The van der Waals surface area contributed by atoms with Crippen LogP contribution in [0.2, 0.25) is 0 Å². The van der Waals surface area contributed by atoms with Crippen LogP contribution >= 0.6 is 0 Å². The first-order valence-corrected chi connectivity index (χ1v) is 8.25. The van der Waals surface area contributed by atoms with Gasteiger partial charge in [-0.15, -0.1) is 0 Å². The molecule has 0 aliphatic heterocycles. The van der Waals surface area contributed by atoms with Gasteiger partial charge in [0.1, 0.15) is 12.1 Å². The Labute approximate surface area is 150 Å². The summed E-state index contributed by atoms with van der Waals surface area (Å²) in [5, 5.41) is 2.77. The lowest BCUT2D eigenvalue weighted by Crippen LogP contribution is -2.26. The summed E-state index contributed by atoms with van der Waals surface area (Å²) in [6.07, 6.45) is 1.74. The molecule has 5 heteroatoms. The highest BCUT2D eigenvalue weighted by molar-refractivity contribution is 5.94. The number of amides is 1. The highest BCUT2D eigenvalue weighted by atomic mass is 19.1. The van der Waals surface area contributed by atoms with Crippen molar-refractivity contribution < 1.29 is 13.6 Å². The minimum atomic E-state index is -0.489. The molecule has 0 saturated carbocycles. The third-order valence-corrected chi connectivity index (χ3v) is 4.05. The first-order valence-electron chi connectivity index (χ1n) is 8.25. The second kappa shape index (κ2) is 7.78. The van der Waals surface area contributed by atoms with E-state index >= 15 is 0 Å². The van der Waals surface area contributed by atoms with Crippen LogP contribution in [0, 0.1) is 12.7 Å². The number of benzene rings is 2. The molecular formula is C21H18FNO3. The van der Waals surface area contributed by atoms with E-state index in [1.807, 2.05) is 31.2 Å². The molecule has 1 aromatic heterocycles. The number of carbonyl (C=O) groups is 1. The summed E-state index contributed by atoms with van der Waals surface area (Å²) in [4.78, 5) is 24.3. The lowest BCUT2D eigenvalue weighted by atomic mass is 10.0. The van der Waals surface area contributed by atoms with Gasteiger partial charge in [0.15, 0.2) is 0 Å². The fraction of sp³-hybridized carbons (Fsp3) is 0.143. The number of hydrogen-bond donors (Lipinski definition) is 1. The molecule has 0 spiro atoms. The van der Waals surface area contributed by atoms with Gasteiger partial charge in [-0.1, -0.05) is 42.0 Å². The van der Waals surface area contributed by atoms with Crippen LogP contribution in [0.5, 0.6) is 0 Å². The molecule has 2 aromatic carbocycles. The van der Waals surface area contributed by atoms with E-state index < -0.39 is 5.63 Å². The Morgan fingerprint density at radius 1 is 1.08 bits per heavy atom. The Morgan fingerprint density at radius 3 is 2.46 bits per heavy atom. The van der Waals surface area contributed by atoms with E-state index in [9.17, 15) is 14.0 Å². The molecule has 1 amide bonds. The van der Waals surface area contributed by atoms with Crippen molar-refractivity contribution in [2.24, 2.45) is 0 Å². The zero-order chi connectivity index (χ0) is 18.5. The molecule has 0 aliphatic rings. The molecule has 3 rings (SSSR count). The lowest BCUT2D eigenvalue weighted by Gasteiger charge is -2.07. The van der Waals surface area contributed by atoms with Gasteiger partial charge >= 0.3 is 5.63 Å². The Hall–Kier alpha value is -3.21. The lowest BCUT2D eigenvalue weighted by molar-refractivity contribution is 0.0952. The van der Waals surface area contributed by atoms with Gasteiger partial charge in [-0.25, -0.2) is 9.18 Å². The summed E-state index contributed by atoms with van der Waals surface area (Å²) >= 11 is 0. The van der Waals surface area contributed by atoms with E-state index in [1.54, 1.807) is 12.1 Å². The van der Waals surface area contributed by atoms with Crippen molar-refractivity contribution in [3.63, 3.8) is 0 Å². The summed E-state index contributed by atoms with van der Waals surface area (Å²) in [6, 6.07) is 15.1. The molecule has 0 fully saturated rings. The maximum Gasteiger partial charge on any atom is 0.343 e. The van der Waals surface area contributed by atoms with Gasteiger partial charge in [0.25, 0.3) is 5.91 Å². The predicted octanol–water partition coefficient (Wildman–Crippen LogP) is 3.73. The Morgan fingerprint density at radius 2 is 1.77 bits per heavy atom. The Bertz CT molecular complexity index is 960. The third kappa shape index (κ3) is 4.25. The van der Waals surface area contributed by atoms with Crippen LogP contribution in [-0.4, -0.2) is 12.5 Å². The smallest absolute Gasteiger partial charge is 0.343 e. The van der Waals surface area contributed by atoms with Crippen molar-refractivity contribution in [2.45, 2.75) is 13.3 Å². The van der Waals surface area contributed by atoms with Crippen LogP contribution in [0.25, 0.3) is 11.1 Å². The largest absolute Gasteiger partial charge is 0.430 e. The van der Waals surface area contributed by atoms with Crippen molar-refractivity contribution in [3.8, 4) is 11.1 Å². The maximum atomic E-state index is 12.9. The number of rotatable bonds is 5. The summed E-state index contributed by atoms with van der Waals surface area (Å²) in [6.45, 7) is 2.35. The van der Waals surface area contributed by atoms with Gasteiger partial charge in [-0.05, 0) is 42.7 Å². The number of hydrogen-bond acceptors (Lipinski definition) is 3. The van der Waals surface area contributed by atoms with E-state index in [0.717, 1.165) is 17.4 Å². The fourth-order valence-electron chi connectivity index (χ4n) is 2.56. The minimum Gasteiger partial charge on any atom is -0.430 e. The van der Waals surface area contributed by atoms with Crippen LogP contribution in [0.3, 0.4) is 0 Å². The minimum absolute atomic E-state index is 0.277. The van der Waals surface area contributed by atoms with E-state index in [4.69, 9.17) is 4.42 Å². The van der Waals surface area contributed by atoms with Crippen LogP contribution < -0.4 is 10.9 Å². The van der Waals surface area contributed by atoms with Crippen molar-refractivity contribution in [3.05, 3.63) is 93.8 Å². The van der Waals surface area contributed by atoms with Crippen molar-refractivity contribution in [2.75, 3.05) is 6.54 Å². The molecule has 0 saturated heterocycles. The van der Waals surface area contributed by atoms with Gasteiger partial charge in [-0.2, -0.15) is 0 Å². The molecule has 26 heavy (non-hydrogen) atoms. The molecule has 1 heterocycles. The monoisotopic (exact) mass is 351 g/mol. The normalized spacial score (nSPS) is 10.5. The van der Waals surface area contributed by atoms with E-state index in [-0.39, 0.29) is 17.3 Å². The topological polar surface area (TPSA) is 59.3 Å². The van der Waals surface area contributed by atoms with Crippen LogP contribution in [0.4, 0.5) is 4.39 Å². The Balaban J connectivity index is 1.69. The molecular weight excluding hydrogens is 333 g/mol. The highest BCUT2D eigenvalue weighted by Gasteiger charge is 2.12. The maximum absolute atomic E-state index is 12.9. The van der Waals surface area contributed by atoms with Crippen LogP contribution in [0.1, 0.15) is 21.5 Å². The van der Waals surface area contributed by atoms with E-state index in [2.05, 4.69) is 5.32 Å². The average Bonchev–Trinajstić information content (AvgIpc) is 2.64. The standard InChI is InChI=1S/C21H18FNO3/c1-14-2-6-16(7-3-14)19-12-17(13-26-21(19)25)20(24)23-11-10-15-4-8-18(22)9-5-15/h2-9,12-13H,10-11H2,1H3,(H,23,24). The van der Waals surface area contributed by atoms with Crippen molar-refractivity contribution in [1.82, 2.24) is 5.32 Å². The Kier molecular flexibility index (Phi) is 5.27. The molecule has 132 valence electrons. The SMILES string of the molecule is Cc1ccc(-c2cc(C(=O)NCCc3ccc(F)cc3)coc2=O)cc1. The fourth-order valence-corrected chi connectivity index (χ4v) is 2.56. The molecule has 3 aromatic rings. The summed E-state index contributed by atoms with van der Waals surface area (Å²) in [5.74, 6) is -0.620. The molecule has 4 nitrogen and oxygen atoms in total. The molecule has 1 N–H and O–H groups in total. The van der Waals surface area contributed by atoms with Gasteiger partial charge < -0.3 is 9.73 Å². The summed E-state index contributed by atoms with van der Waals surface area (Å²) in [5.41, 5.74) is 2.83. The third-order valence-electron chi connectivity index (χ3n) is 4.05. The average molecular weight is 351 g/mol. The molecule has 0 bridgehead atoms. The predicted molar refractivity (Wildman–Crippen MR) is 97.6 cm³/mol. The molecule has 0 radical (unpaired) electrons. The zero-order valence-electron chi connectivity index (χ0n) is 14.3. The zero-order valence-corrected chi connectivity index (χ0v) is 14.3. The number of aryl methyl sites for hydroxylation is 1. The molecule has 0 aliphatic carbocycles. The van der Waals surface area contributed by atoms with E-state index in [0.29, 0.717) is 24.1 Å². The van der Waals surface area contributed by atoms with Crippen molar-refractivity contribution >= 4 is 5.91 Å². The quantitative estimate of drug-likeness (QED) is 0.762. The van der Waals surface area contributed by atoms with Gasteiger partial charge in [-0.3, -0.25) is 4.79 Å². The molecule has 0 atom stereocenters. The van der Waals surface area contributed by atoms with Crippen LogP contribution in [-0.2, 0) is 6.42 Å². The van der Waals surface area contributed by atoms with E-state index in [1.165, 1.54) is 18.2 Å². The second-order valence-electron chi connectivity index (χ2n) is 6.03. The second-order valence-corrected chi connectivity index (χ2v) is 6.03. The summed E-state index contributed by atoms with van der Waals surface area (Å²) in [7, 11) is 0. The van der Waals surface area contributed by atoms with Gasteiger partial charge in [0.2, 0.25) is 0 Å². The molecule has 0 unspecified atom stereocenters. The van der Waals surface area contributed by atoms with Gasteiger partial charge in [0, 0.05) is 6.54 Å². The highest BCUT2D eigenvalue weighted by Crippen LogP contribution is 2.17. The van der Waals surface area contributed by atoms with Crippen molar-refractivity contribution in [1.29, 1.82) is 0 Å². The first kappa shape index (κ1) is 17.6. The van der Waals surface area contributed by atoms with Crippen LogP contribution in [0.15, 0.2) is 70.1 Å². The number of nitrogens with one attached hydrogen (secondary N) is 1. The van der Waals surface area contributed by atoms with Gasteiger partial charge in [0.05, 0.1) is 11.1 Å². The first-order chi connectivity index (χ1) is 12.5.